The summed E-state index contributed by atoms with van der Waals surface area (Å²) >= 11 is 1.93. The molecule has 0 amide bonds. The van der Waals surface area contributed by atoms with Gasteiger partial charge >= 0.3 is 0 Å². The van der Waals surface area contributed by atoms with E-state index in [4.69, 9.17) is 0 Å². The molecule has 0 bridgehead atoms. The number of benzene rings is 1. The van der Waals surface area contributed by atoms with Gasteiger partial charge in [0.15, 0.2) is 0 Å². The Morgan fingerprint density at radius 1 is 1.07 bits per heavy atom. The van der Waals surface area contributed by atoms with E-state index in [9.17, 15) is 5.11 Å². The van der Waals surface area contributed by atoms with Crippen LogP contribution < -0.4 is 0 Å². The smallest absolute Gasteiger partial charge is 0.116 e. The van der Waals surface area contributed by atoms with Crippen LogP contribution in [0, 0.1) is 0 Å². The zero-order valence-corrected chi connectivity index (χ0v) is 9.80. The van der Waals surface area contributed by atoms with Crippen LogP contribution in [0.5, 0.6) is 5.75 Å². The molecule has 0 spiro atoms. The van der Waals surface area contributed by atoms with E-state index < -0.39 is 0 Å². The van der Waals surface area contributed by atoms with Gasteiger partial charge < -0.3 is 5.11 Å². The number of phenols is 1. The lowest BCUT2D eigenvalue weighted by atomic mass is 10.2. The van der Waals surface area contributed by atoms with Gasteiger partial charge in [0.05, 0.1) is 0 Å². The van der Waals surface area contributed by atoms with Crippen molar-refractivity contribution in [3.8, 4) is 5.75 Å². The Hall–Kier alpha value is -0.630. The highest BCUT2D eigenvalue weighted by Crippen LogP contribution is 2.33. The quantitative estimate of drug-likeness (QED) is 0.756. The Kier molecular flexibility index (Phi) is 3.95. The number of thioether (sulfide) groups is 1. The molecule has 0 heterocycles. The Balaban J connectivity index is 1.95. The summed E-state index contributed by atoms with van der Waals surface area (Å²) in [6.45, 7) is 0. The van der Waals surface area contributed by atoms with Gasteiger partial charge in [0.1, 0.15) is 5.75 Å². The molecule has 0 saturated heterocycles. The van der Waals surface area contributed by atoms with Crippen molar-refractivity contribution in [2.75, 3.05) is 0 Å². The first-order valence-electron chi connectivity index (χ1n) is 5.80. The molecule has 1 aromatic rings. The van der Waals surface area contributed by atoms with Crippen molar-refractivity contribution in [2.24, 2.45) is 0 Å². The first-order chi connectivity index (χ1) is 7.34. The van der Waals surface area contributed by atoms with E-state index in [1.165, 1.54) is 43.4 Å². The molecule has 0 aliphatic heterocycles. The van der Waals surface area contributed by atoms with Crippen molar-refractivity contribution >= 4 is 11.8 Å². The van der Waals surface area contributed by atoms with Crippen LogP contribution in [0.15, 0.2) is 29.2 Å². The molecule has 1 aliphatic carbocycles. The molecule has 1 saturated carbocycles. The van der Waals surface area contributed by atoms with Crippen molar-refractivity contribution < 1.29 is 5.11 Å². The molecule has 82 valence electrons. The van der Waals surface area contributed by atoms with Crippen molar-refractivity contribution in [2.45, 2.75) is 48.7 Å². The third kappa shape index (κ3) is 3.45. The fourth-order valence-electron chi connectivity index (χ4n) is 2.11. The third-order valence-corrected chi connectivity index (χ3v) is 4.25. The average Bonchev–Trinajstić information content (AvgIpc) is 2.46. The molecular weight excluding hydrogens is 204 g/mol. The van der Waals surface area contributed by atoms with Crippen molar-refractivity contribution in [3.63, 3.8) is 0 Å². The summed E-state index contributed by atoms with van der Waals surface area (Å²) in [4.78, 5) is 1.21. The van der Waals surface area contributed by atoms with E-state index >= 15 is 0 Å². The summed E-state index contributed by atoms with van der Waals surface area (Å²) in [5.74, 6) is 0.383. The van der Waals surface area contributed by atoms with Crippen LogP contribution in [0.2, 0.25) is 0 Å². The summed E-state index contributed by atoms with van der Waals surface area (Å²) in [6, 6.07) is 7.62. The van der Waals surface area contributed by atoms with Crippen molar-refractivity contribution in [1.29, 1.82) is 0 Å². The van der Waals surface area contributed by atoms with Gasteiger partial charge in [-0.05, 0) is 31.0 Å². The second-order valence-corrected chi connectivity index (χ2v) is 5.60. The van der Waals surface area contributed by atoms with E-state index in [1.807, 2.05) is 23.9 Å². The maximum absolute atomic E-state index is 9.38. The first-order valence-corrected chi connectivity index (χ1v) is 6.68. The molecule has 0 atom stereocenters. The van der Waals surface area contributed by atoms with Gasteiger partial charge in [-0.15, -0.1) is 11.8 Å². The van der Waals surface area contributed by atoms with Crippen molar-refractivity contribution in [3.05, 3.63) is 24.3 Å². The van der Waals surface area contributed by atoms with Crippen LogP contribution >= 0.6 is 11.8 Å². The molecule has 1 nitrogen and oxygen atoms in total. The minimum atomic E-state index is 0.383. The van der Waals surface area contributed by atoms with E-state index in [0.29, 0.717) is 5.75 Å². The largest absolute Gasteiger partial charge is 0.508 e. The van der Waals surface area contributed by atoms with Crippen molar-refractivity contribution in [1.82, 2.24) is 0 Å². The van der Waals surface area contributed by atoms with Crippen LogP contribution in [-0.4, -0.2) is 10.4 Å². The molecule has 1 N–H and O–H groups in total. The Morgan fingerprint density at radius 2 is 1.80 bits per heavy atom. The monoisotopic (exact) mass is 222 g/mol. The Morgan fingerprint density at radius 3 is 2.47 bits per heavy atom. The lowest BCUT2D eigenvalue weighted by Gasteiger charge is -2.13. The van der Waals surface area contributed by atoms with Gasteiger partial charge in [-0.2, -0.15) is 0 Å². The number of hydrogen-bond donors (Lipinski definition) is 1. The number of rotatable bonds is 2. The molecule has 1 fully saturated rings. The second kappa shape index (κ2) is 5.45. The highest BCUT2D eigenvalue weighted by atomic mass is 32.2. The standard InChI is InChI=1S/C13H18OS/c14-11-6-5-9-13(10-11)15-12-7-3-1-2-4-8-12/h5-6,9-10,12,14H,1-4,7-8H2. The normalized spacial score (nSPS) is 18.7. The average molecular weight is 222 g/mol. The van der Waals surface area contributed by atoms with E-state index in [1.54, 1.807) is 6.07 Å². The number of phenolic OH excluding ortho intramolecular Hbond substituents is 1. The molecular formula is C13H18OS. The second-order valence-electron chi connectivity index (χ2n) is 4.23. The maximum Gasteiger partial charge on any atom is 0.116 e. The van der Waals surface area contributed by atoms with Gasteiger partial charge in [-0.1, -0.05) is 31.7 Å². The summed E-state index contributed by atoms with van der Waals surface area (Å²) in [5.41, 5.74) is 0. The van der Waals surface area contributed by atoms with Crippen LogP contribution in [0.3, 0.4) is 0 Å². The molecule has 0 aromatic heterocycles. The fourth-order valence-corrected chi connectivity index (χ4v) is 3.41. The molecule has 1 aromatic carbocycles. The lowest BCUT2D eigenvalue weighted by molar-refractivity contribution is 0.474. The maximum atomic E-state index is 9.38. The number of aromatic hydroxyl groups is 1. The predicted molar refractivity (Wildman–Crippen MR) is 65.5 cm³/mol. The molecule has 0 unspecified atom stereocenters. The third-order valence-electron chi connectivity index (χ3n) is 2.92. The first kappa shape index (κ1) is 10.9. The van der Waals surface area contributed by atoms with Crippen LogP contribution in [0.4, 0.5) is 0 Å². The highest BCUT2D eigenvalue weighted by Gasteiger charge is 2.13. The Labute approximate surface area is 95.9 Å². The van der Waals surface area contributed by atoms with Gasteiger partial charge in [-0.3, -0.25) is 0 Å². The van der Waals surface area contributed by atoms with Gasteiger partial charge in [0, 0.05) is 10.1 Å². The van der Waals surface area contributed by atoms with Gasteiger partial charge in [0.25, 0.3) is 0 Å². The summed E-state index contributed by atoms with van der Waals surface area (Å²) in [7, 11) is 0. The number of hydrogen-bond acceptors (Lipinski definition) is 2. The highest BCUT2D eigenvalue weighted by molar-refractivity contribution is 8.00. The van der Waals surface area contributed by atoms with E-state index in [-0.39, 0.29) is 0 Å². The van der Waals surface area contributed by atoms with Gasteiger partial charge in [0.2, 0.25) is 0 Å². The molecule has 0 radical (unpaired) electrons. The molecule has 2 heteroatoms. The minimum absolute atomic E-state index is 0.383. The summed E-state index contributed by atoms with van der Waals surface area (Å²) < 4.78 is 0. The van der Waals surface area contributed by atoms with Crippen LogP contribution in [-0.2, 0) is 0 Å². The molecule has 2 rings (SSSR count). The fraction of sp³-hybridized carbons (Fsp3) is 0.538. The van der Waals surface area contributed by atoms with E-state index in [0.717, 1.165) is 5.25 Å². The SMILES string of the molecule is Oc1cccc(SC2CCCCCC2)c1. The molecule has 15 heavy (non-hydrogen) atoms. The Bertz CT molecular complexity index is 303. The van der Waals surface area contributed by atoms with Gasteiger partial charge in [-0.25, -0.2) is 0 Å². The van der Waals surface area contributed by atoms with Crippen LogP contribution in [0.25, 0.3) is 0 Å². The molecule has 1 aliphatic rings. The summed E-state index contributed by atoms with van der Waals surface area (Å²) in [5, 5.41) is 10.1. The topological polar surface area (TPSA) is 20.2 Å². The zero-order chi connectivity index (χ0) is 10.5. The van der Waals surface area contributed by atoms with Crippen LogP contribution in [0.1, 0.15) is 38.5 Å². The lowest BCUT2D eigenvalue weighted by Crippen LogP contribution is -1.99. The zero-order valence-electron chi connectivity index (χ0n) is 8.98. The minimum Gasteiger partial charge on any atom is -0.508 e. The summed E-state index contributed by atoms with van der Waals surface area (Å²) in [6.07, 6.45) is 8.21. The predicted octanol–water partition coefficient (Wildman–Crippen LogP) is 4.21. The van der Waals surface area contributed by atoms with E-state index in [2.05, 4.69) is 6.07 Å².